The minimum atomic E-state index is 0.380. The zero-order valence-corrected chi connectivity index (χ0v) is 24.2. The molecule has 0 radical (unpaired) electrons. The smallest absolute Gasteiger partial charge is 0.272 e. The number of rotatable bonds is 11. The summed E-state index contributed by atoms with van der Waals surface area (Å²) in [4.78, 5) is 16.1. The van der Waals surface area contributed by atoms with Gasteiger partial charge in [-0.3, -0.25) is 0 Å². The van der Waals surface area contributed by atoms with E-state index in [1.165, 1.54) is 48.0 Å². The third-order valence-electron chi connectivity index (χ3n) is 7.17. The van der Waals surface area contributed by atoms with Gasteiger partial charge >= 0.3 is 0 Å². The molecule has 2 aromatic heterocycles. The van der Waals surface area contributed by atoms with E-state index in [0.29, 0.717) is 24.2 Å². The predicted molar refractivity (Wildman–Crippen MR) is 161 cm³/mol. The Morgan fingerprint density at radius 2 is 1.23 bits per heavy atom. The molecule has 0 bridgehead atoms. The van der Waals surface area contributed by atoms with Crippen LogP contribution in [0.25, 0.3) is 39.8 Å². The number of ether oxygens (including phenoxy) is 1. The average Bonchev–Trinajstić information content (AvgIpc) is 3.36. The van der Waals surface area contributed by atoms with Gasteiger partial charge in [-0.25, -0.2) is 4.98 Å². The normalized spacial score (nSPS) is 11.3. The second-order valence-electron chi connectivity index (χ2n) is 10.7. The largest absolute Gasteiger partial charge is 0.494 e. The highest BCUT2D eigenvalue weighted by atomic mass is 16.5. The van der Waals surface area contributed by atoms with E-state index in [2.05, 4.69) is 71.0 Å². The first-order chi connectivity index (χ1) is 19.4. The summed E-state index contributed by atoms with van der Waals surface area (Å²) < 4.78 is 6.02. The van der Waals surface area contributed by atoms with Crippen molar-refractivity contribution in [2.24, 2.45) is 0 Å². The topological polar surface area (TPSA) is 78.6 Å². The lowest BCUT2D eigenvalue weighted by atomic mass is 10.0. The number of aromatic nitrogens is 6. The van der Waals surface area contributed by atoms with Crippen molar-refractivity contribution < 1.29 is 4.74 Å². The molecule has 2 heterocycles. The van der Waals surface area contributed by atoms with Gasteiger partial charge in [-0.15, -0.1) is 15.0 Å². The fraction of sp³-hybridized carbons (Fsp3) is 0.364. The van der Waals surface area contributed by atoms with Crippen molar-refractivity contribution in [3.05, 3.63) is 76.9 Å². The Balaban J connectivity index is 1.47. The van der Waals surface area contributed by atoms with Crippen LogP contribution in [0.3, 0.4) is 0 Å². The van der Waals surface area contributed by atoms with E-state index in [1.807, 2.05) is 18.2 Å². The molecule has 7 heteroatoms. The molecule has 40 heavy (non-hydrogen) atoms. The molecule has 0 aliphatic heterocycles. The molecule has 0 atom stereocenters. The van der Waals surface area contributed by atoms with E-state index >= 15 is 0 Å². The molecular formula is C33H38N6O. The molecule has 0 aliphatic carbocycles. The quantitative estimate of drug-likeness (QED) is 0.160. The number of unbranched alkanes of at least 4 members (excludes halogenated alkanes) is 5. The molecule has 0 saturated carbocycles. The summed E-state index contributed by atoms with van der Waals surface area (Å²) in [6.07, 6.45) is 7.41. The van der Waals surface area contributed by atoms with Crippen LogP contribution in [0.1, 0.15) is 67.7 Å². The standard InChI is InChI=1S/C33H38N6O/c1-6-7-8-9-10-11-18-40-26-14-17-29-30(21-26)38-39(37-29)33-35-31(27-15-12-22(2)19-24(27)4)34-32(36-33)28-16-13-23(3)20-25(28)5/h12-17,19-21H,6-11,18H2,1-5H3. The summed E-state index contributed by atoms with van der Waals surface area (Å²) in [6, 6.07) is 18.4. The number of fused-ring (bicyclic) bond motifs is 1. The van der Waals surface area contributed by atoms with Crippen LogP contribution < -0.4 is 4.74 Å². The molecule has 0 unspecified atom stereocenters. The van der Waals surface area contributed by atoms with E-state index in [0.717, 1.165) is 45.5 Å². The molecule has 0 N–H and O–H groups in total. The number of hydrogen-bond donors (Lipinski definition) is 0. The monoisotopic (exact) mass is 534 g/mol. The maximum absolute atomic E-state index is 6.02. The van der Waals surface area contributed by atoms with Gasteiger partial charge in [-0.1, -0.05) is 86.6 Å². The molecule has 0 spiro atoms. The molecule has 0 saturated heterocycles. The highest BCUT2D eigenvalue weighted by molar-refractivity contribution is 5.75. The lowest BCUT2D eigenvalue weighted by molar-refractivity contribution is 0.304. The van der Waals surface area contributed by atoms with Crippen LogP contribution >= 0.6 is 0 Å². The first-order valence-electron chi connectivity index (χ1n) is 14.3. The van der Waals surface area contributed by atoms with E-state index in [9.17, 15) is 0 Å². The Hall–Kier alpha value is -4.13. The number of nitrogens with zero attached hydrogens (tertiary/aromatic N) is 6. The molecule has 206 valence electrons. The van der Waals surface area contributed by atoms with Gasteiger partial charge < -0.3 is 4.74 Å². The van der Waals surface area contributed by atoms with Gasteiger partial charge in [-0.05, 0) is 57.4 Å². The Kier molecular flexibility index (Phi) is 8.48. The molecule has 3 aromatic carbocycles. The van der Waals surface area contributed by atoms with Crippen molar-refractivity contribution in [3.63, 3.8) is 0 Å². The van der Waals surface area contributed by atoms with Crippen LogP contribution in [-0.2, 0) is 0 Å². The van der Waals surface area contributed by atoms with Crippen molar-refractivity contribution >= 4 is 11.0 Å². The van der Waals surface area contributed by atoms with Crippen LogP contribution in [-0.4, -0.2) is 36.6 Å². The molecule has 0 amide bonds. The molecular weight excluding hydrogens is 496 g/mol. The fourth-order valence-electron chi connectivity index (χ4n) is 4.97. The van der Waals surface area contributed by atoms with Crippen LogP contribution in [0.5, 0.6) is 5.75 Å². The minimum Gasteiger partial charge on any atom is -0.494 e. The summed E-state index contributed by atoms with van der Waals surface area (Å²) in [7, 11) is 0. The first kappa shape index (κ1) is 27.4. The highest BCUT2D eigenvalue weighted by Gasteiger charge is 2.17. The lowest BCUT2D eigenvalue weighted by Crippen LogP contribution is -2.09. The van der Waals surface area contributed by atoms with Crippen LogP contribution in [0.2, 0.25) is 0 Å². The fourth-order valence-corrected chi connectivity index (χ4v) is 4.97. The Morgan fingerprint density at radius 1 is 0.625 bits per heavy atom. The van der Waals surface area contributed by atoms with E-state index < -0.39 is 0 Å². The van der Waals surface area contributed by atoms with Gasteiger partial charge in [-0.2, -0.15) is 9.97 Å². The Labute approximate surface area is 236 Å². The van der Waals surface area contributed by atoms with Gasteiger partial charge in [0.15, 0.2) is 11.6 Å². The van der Waals surface area contributed by atoms with Crippen molar-refractivity contribution in [1.29, 1.82) is 0 Å². The molecule has 5 rings (SSSR count). The maximum atomic E-state index is 6.02. The SMILES string of the molecule is CCCCCCCCOc1ccc2nn(-c3nc(-c4ccc(C)cc4C)nc(-c4ccc(C)cc4C)n3)nc2c1. The van der Waals surface area contributed by atoms with E-state index in [4.69, 9.17) is 29.9 Å². The van der Waals surface area contributed by atoms with Gasteiger partial charge in [0.25, 0.3) is 5.95 Å². The summed E-state index contributed by atoms with van der Waals surface area (Å²) >= 11 is 0. The average molecular weight is 535 g/mol. The van der Waals surface area contributed by atoms with Crippen molar-refractivity contribution in [2.75, 3.05) is 6.61 Å². The van der Waals surface area contributed by atoms with Crippen LogP contribution in [0, 0.1) is 27.7 Å². The predicted octanol–water partition coefficient (Wildman–Crippen LogP) is 7.91. The van der Waals surface area contributed by atoms with E-state index in [1.54, 1.807) is 0 Å². The van der Waals surface area contributed by atoms with Gasteiger partial charge in [0.2, 0.25) is 0 Å². The minimum absolute atomic E-state index is 0.380. The van der Waals surface area contributed by atoms with Crippen molar-refractivity contribution in [1.82, 2.24) is 29.9 Å². The molecule has 7 nitrogen and oxygen atoms in total. The zero-order valence-electron chi connectivity index (χ0n) is 24.2. The highest BCUT2D eigenvalue weighted by Crippen LogP contribution is 2.27. The third kappa shape index (κ3) is 6.36. The Bertz CT molecular complexity index is 1550. The Morgan fingerprint density at radius 3 is 1.85 bits per heavy atom. The van der Waals surface area contributed by atoms with Crippen LogP contribution in [0.4, 0.5) is 0 Å². The second-order valence-corrected chi connectivity index (χ2v) is 10.7. The summed E-state index contributed by atoms with van der Waals surface area (Å²) in [6.45, 7) is 11.3. The van der Waals surface area contributed by atoms with Gasteiger partial charge in [0, 0.05) is 17.2 Å². The first-order valence-corrected chi connectivity index (χ1v) is 14.3. The lowest BCUT2D eigenvalue weighted by Gasteiger charge is -2.11. The second kappa shape index (κ2) is 12.4. The van der Waals surface area contributed by atoms with Crippen molar-refractivity contribution in [2.45, 2.75) is 73.1 Å². The van der Waals surface area contributed by atoms with Gasteiger partial charge in [0.1, 0.15) is 16.8 Å². The molecule has 0 fully saturated rings. The summed E-state index contributed by atoms with van der Waals surface area (Å²) in [5.74, 6) is 2.38. The summed E-state index contributed by atoms with van der Waals surface area (Å²) in [5, 5.41) is 9.44. The van der Waals surface area contributed by atoms with Crippen LogP contribution in [0.15, 0.2) is 54.6 Å². The summed E-state index contributed by atoms with van der Waals surface area (Å²) in [5.41, 5.74) is 8.02. The third-order valence-corrected chi connectivity index (χ3v) is 7.17. The number of hydrogen-bond acceptors (Lipinski definition) is 6. The van der Waals surface area contributed by atoms with E-state index in [-0.39, 0.29) is 0 Å². The maximum Gasteiger partial charge on any atom is 0.272 e. The zero-order chi connectivity index (χ0) is 28.1. The number of aryl methyl sites for hydroxylation is 4. The number of benzene rings is 3. The van der Waals surface area contributed by atoms with Crippen molar-refractivity contribution in [3.8, 4) is 34.5 Å². The molecule has 0 aliphatic rings. The molecule has 5 aromatic rings. The van der Waals surface area contributed by atoms with Gasteiger partial charge in [0.05, 0.1) is 6.61 Å².